The van der Waals surface area contributed by atoms with Crippen LogP contribution in [0.4, 0.5) is 4.39 Å². The number of rotatable bonds is 5. The summed E-state index contributed by atoms with van der Waals surface area (Å²) in [4.78, 5) is 8.21. The fourth-order valence-corrected chi connectivity index (χ4v) is 4.40. The summed E-state index contributed by atoms with van der Waals surface area (Å²) in [5, 5.41) is 0. The Labute approximate surface area is 146 Å². The molecular formula is C17H20FN3O3S. The summed E-state index contributed by atoms with van der Waals surface area (Å²) in [7, 11) is -3.48. The van der Waals surface area contributed by atoms with E-state index in [4.69, 9.17) is 4.74 Å². The van der Waals surface area contributed by atoms with Gasteiger partial charge in [0.25, 0.3) is 0 Å². The molecule has 1 aliphatic heterocycles. The predicted octanol–water partition coefficient (Wildman–Crippen LogP) is 2.30. The van der Waals surface area contributed by atoms with E-state index in [1.165, 1.54) is 28.6 Å². The molecular weight excluding hydrogens is 345 g/mol. The minimum atomic E-state index is -3.48. The second-order valence-electron chi connectivity index (χ2n) is 6.06. The Morgan fingerprint density at radius 3 is 2.76 bits per heavy atom. The van der Waals surface area contributed by atoms with Crippen LogP contribution in [-0.4, -0.2) is 41.9 Å². The van der Waals surface area contributed by atoms with Gasteiger partial charge >= 0.3 is 0 Å². The summed E-state index contributed by atoms with van der Waals surface area (Å²) in [5.41, 5.74) is 0.566. The van der Waals surface area contributed by atoms with Crippen molar-refractivity contribution in [1.82, 2.24) is 14.3 Å². The SMILES string of the molecule is Cc1nccc(OC2CCCN(S(=O)(=O)Cc3ccc(F)cc3)C2)n1. The van der Waals surface area contributed by atoms with Crippen LogP contribution in [0.25, 0.3) is 0 Å². The third kappa shape index (κ3) is 4.73. The van der Waals surface area contributed by atoms with Crippen molar-refractivity contribution in [3.8, 4) is 5.88 Å². The maximum Gasteiger partial charge on any atom is 0.218 e. The number of nitrogens with zero attached hydrogens (tertiary/aromatic N) is 3. The highest BCUT2D eigenvalue weighted by Crippen LogP contribution is 2.21. The first-order valence-electron chi connectivity index (χ1n) is 8.11. The first kappa shape index (κ1) is 17.8. The Hall–Kier alpha value is -2.06. The van der Waals surface area contributed by atoms with Crippen LogP contribution in [0.1, 0.15) is 24.2 Å². The summed E-state index contributed by atoms with van der Waals surface area (Å²) in [5.74, 6) is 0.532. The van der Waals surface area contributed by atoms with Crippen molar-refractivity contribution in [1.29, 1.82) is 0 Å². The zero-order chi connectivity index (χ0) is 17.9. The lowest BCUT2D eigenvalue weighted by molar-refractivity contribution is 0.124. The Kier molecular flexibility index (Phi) is 5.29. The first-order chi connectivity index (χ1) is 11.9. The number of aromatic nitrogens is 2. The van der Waals surface area contributed by atoms with Gasteiger partial charge in [-0.2, -0.15) is 9.29 Å². The van der Waals surface area contributed by atoms with Crippen LogP contribution in [0, 0.1) is 12.7 Å². The number of piperidine rings is 1. The summed E-state index contributed by atoms with van der Waals surface area (Å²) >= 11 is 0. The van der Waals surface area contributed by atoms with Crippen LogP contribution in [-0.2, 0) is 15.8 Å². The highest BCUT2D eigenvalue weighted by atomic mass is 32.2. The molecule has 134 valence electrons. The number of aryl methyl sites for hydroxylation is 1. The van der Waals surface area contributed by atoms with E-state index in [1.54, 1.807) is 19.2 Å². The maximum atomic E-state index is 13.0. The van der Waals surface area contributed by atoms with Gasteiger partial charge in [0.05, 0.1) is 12.3 Å². The van der Waals surface area contributed by atoms with Gasteiger partial charge in [-0.15, -0.1) is 0 Å². The second kappa shape index (κ2) is 7.45. The van der Waals surface area contributed by atoms with Crippen LogP contribution in [0.5, 0.6) is 5.88 Å². The van der Waals surface area contributed by atoms with E-state index in [2.05, 4.69) is 9.97 Å². The van der Waals surface area contributed by atoms with Crippen molar-refractivity contribution in [3.05, 3.63) is 53.7 Å². The van der Waals surface area contributed by atoms with Crippen molar-refractivity contribution in [3.63, 3.8) is 0 Å². The zero-order valence-electron chi connectivity index (χ0n) is 13.9. The number of halogens is 1. The van der Waals surface area contributed by atoms with Gasteiger partial charge in [-0.1, -0.05) is 12.1 Å². The normalized spacial score (nSPS) is 18.9. The van der Waals surface area contributed by atoms with Gasteiger partial charge in [-0.25, -0.2) is 17.8 Å². The molecule has 3 rings (SSSR count). The number of hydrogen-bond donors (Lipinski definition) is 0. The van der Waals surface area contributed by atoms with Gasteiger partial charge < -0.3 is 4.74 Å². The minimum Gasteiger partial charge on any atom is -0.473 e. The average molecular weight is 365 g/mol. The van der Waals surface area contributed by atoms with E-state index < -0.39 is 10.0 Å². The molecule has 0 saturated carbocycles. The molecule has 0 aliphatic carbocycles. The predicted molar refractivity (Wildman–Crippen MR) is 91.0 cm³/mol. The van der Waals surface area contributed by atoms with Crippen LogP contribution in [0.15, 0.2) is 36.5 Å². The summed E-state index contributed by atoms with van der Waals surface area (Å²) in [6.07, 6.45) is 2.86. The zero-order valence-corrected chi connectivity index (χ0v) is 14.7. The molecule has 0 amide bonds. The fourth-order valence-electron chi connectivity index (χ4n) is 2.81. The van der Waals surface area contributed by atoms with E-state index in [0.29, 0.717) is 23.8 Å². The summed E-state index contributed by atoms with van der Waals surface area (Å²) < 4.78 is 45.5. The molecule has 6 nitrogen and oxygen atoms in total. The lowest BCUT2D eigenvalue weighted by Crippen LogP contribution is -2.44. The van der Waals surface area contributed by atoms with Gasteiger partial charge in [0, 0.05) is 18.8 Å². The molecule has 1 saturated heterocycles. The molecule has 1 aromatic heterocycles. The number of ether oxygens (including phenoxy) is 1. The monoisotopic (exact) mass is 365 g/mol. The fraction of sp³-hybridized carbons (Fsp3) is 0.412. The lowest BCUT2D eigenvalue weighted by Gasteiger charge is -2.31. The van der Waals surface area contributed by atoms with Crippen LogP contribution in [0.2, 0.25) is 0 Å². The van der Waals surface area contributed by atoms with Crippen molar-refractivity contribution < 1.29 is 17.5 Å². The molecule has 1 aromatic carbocycles. The molecule has 1 unspecified atom stereocenters. The van der Waals surface area contributed by atoms with Crippen molar-refractivity contribution in [2.45, 2.75) is 31.6 Å². The van der Waals surface area contributed by atoms with E-state index in [9.17, 15) is 12.8 Å². The summed E-state index contributed by atoms with van der Waals surface area (Å²) in [6.45, 7) is 2.52. The molecule has 2 heterocycles. The molecule has 0 N–H and O–H groups in total. The number of hydrogen-bond acceptors (Lipinski definition) is 5. The van der Waals surface area contributed by atoms with Gasteiger partial charge in [-0.3, -0.25) is 0 Å². The maximum absolute atomic E-state index is 13.0. The number of benzene rings is 1. The third-order valence-corrected chi connectivity index (χ3v) is 5.85. The molecule has 0 radical (unpaired) electrons. The Bertz CT molecular complexity index is 827. The highest BCUT2D eigenvalue weighted by Gasteiger charge is 2.30. The third-order valence-electron chi connectivity index (χ3n) is 4.03. The molecule has 0 spiro atoms. The van der Waals surface area contributed by atoms with Crippen molar-refractivity contribution >= 4 is 10.0 Å². The van der Waals surface area contributed by atoms with E-state index in [0.717, 1.165) is 12.8 Å². The van der Waals surface area contributed by atoms with Crippen molar-refractivity contribution in [2.75, 3.05) is 13.1 Å². The quantitative estimate of drug-likeness (QED) is 0.813. The second-order valence-corrected chi connectivity index (χ2v) is 8.03. The van der Waals surface area contributed by atoms with Crippen molar-refractivity contribution in [2.24, 2.45) is 0 Å². The standard InChI is InChI=1S/C17H20FN3O3S/c1-13-19-9-8-17(20-13)24-16-3-2-10-21(11-16)25(22,23)12-14-4-6-15(18)7-5-14/h4-9,16H,2-3,10-12H2,1H3. The first-order valence-corrected chi connectivity index (χ1v) is 9.72. The topological polar surface area (TPSA) is 72.4 Å². The smallest absolute Gasteiger partial charge is 0.218 e. The highest BCUT2D eigenvalue weighted by molar-refractivity contribution is 7.88. The largest absolute Gasteiger partial charge is 0.473 e. The van der Waals surface area contributed by atoms with E-state index in [1.807, 2.05) is 0 Å². The van der Waals surface area contributed by atoms with Crippen LogP contribution in [0.3, 0.4) is 0 Å². The van der Waals surface area contributed by atoms with Crippen LogP contribution < -0.4 is 4.74 Å². The molecule has 1 fully saturated rings. The van der Waals surface area contributed by atoms with E-state index >= 15 is 0 Å². The lowest BCUT2D eigenvalue weighted by atomic mass is 10.1. The van der Waals surface area contributed by atoms with Gasteiger partial charge in [0.1, 0.15) is 17.7 Å². The molecule has 1 atom stereocenters. The van der Waals surface area contributed by atoms with Gasteiger partial charge in [-0.05, 0) is 37.5 Å². The Morgan fingerprint density at radius 2 is 2.04 bits per heavy atom. The molecule has 2 aromatic rings. The molecule has 25 heavy (non-hydrogen) atoms. The average Bonchev–Trinajstić information content (AvgIpc) is 2.57. The van der Waals surface area contributed by atoms with Gasteiger partial charge in [0.15, 0.2) is 0 Å². The summed E-state index contributed by atoms with van der Waals surface area (Å²) in [6, 6.07) is 7.19. The molecule has 8 heteroatoms. The van der Waals surface area contributed by atoms with Gasteiger partial charge in [0.2, 0.25) is 15.9 Å². The van der Waals surface area contributed by atoms with E-state index in [-0.39, 0.29) is 24.2 Å². The number of sulfonamides is 1. The Balaban J connectivity index is 1.66. The minimum absolute atomic E-state index is 0.146. The molecule has 1 aliphatic rings. The van der Waals surface area contributed by atoms with Crippen LogP contribution >= 0.6 is 0 Å². The molecule has 0 bridgehead atoms. The Morgan fingerprint density at radius 1 is 1.28 bits per heavy atom.